The van der Waals surface area contributed by atoms with Crippen LogP contribution in [0, 0.1) is 17.8 Å². The third-order valence-corrected chi connectivity index (χ3v) is 5.22. The van der Waals surface area contributed by atoms with Crippen molar-refractivity contribution in [3.8, 4) is 0 Å². The zero-order chi connectivity index (χ0) is 15.8. The van der Waals surface area contributed by atoms with Crippen molar-refractivity contribution in [3.63, 3.8) is 0 Å². The number of carbonyl (C=O) groups excluding carboxylic acids is 2. The SMILES string of the molecule is CCC(C)C1C(=O)NC(C)(C2CC2)C(=O)N1CCC(C)C. The van der Waals surface area contributed by atoms with Crippen LogP contribution in [0.15, 0.2) is 0 Å². The van der Waals surface area contributed by atoms with Crippen molar-refractivity contribution in [2.45, 2.75) is 71.9 Å². The van der Waals surface area contributed by atoms with Crippen LogP contribution in [0.3, 0.4) is 0 Å². The summed E-state index contributed by atoms with van der Waals surface area (Å²) < 4.78 is 0. The minimum atomic E-state index is -0.669. The van der Waals surface area contributed by atoms with Gasteiger partial charge in [0.2, 0.25) is 11.8 Å². The van der Waals surface area contributed by atoms with Crippen molar-refractivity contribution >= 4 is 11.8 Å². The Morgan fingerprint density at radius 3 is 2.38 bits per heavy atom. The van der Waals surface area contributed by atoms with Gasteiger partial charge in [-0.3, -0.25) is 9.59 Å². The van der Waals surface area contributed by atoms with Crippen molar-refractivity contribution in [2.24, 2.45) is 17.8 Å². The molecule has 2 fully saturated rings. The van der Waals surface area contributed by atoms with Crippen molar-refractivity contribution < 1.29 is 9.59 Å². The Labute approximate surface area is 128 Å². The Morgan fingerprint density at radius 2 is 1.90 bits per heavy atom. The number of nitrogens with one attached hydrogen (secondary N) is 1. The van der Waals surface area contributed by atoms with Gasteiger partial charge in [0, 0.05) is 6.54 Å². The van der Waals surface area contributed by atoms with E-state index >= 15 is 0 Å². The van der Waals surface area contributed by atoms with E-state index in [1.54, 1.807) is 0 Å². The van der Waals surface area contributed by atoms with E-state index in [0.717, 1.165) is 25.7 Å². The zero-order valence-corrected chi connectivity index (χ0v) is 14.1. The summed E-state index contributed by atoms with van der Waals surface area (Å²) in [6.45, 7) is 11.1. The van der Waals surface area contributed by atoms with Crippen LogP contribution in [0.4, 0.5) is 0 Å². The molecule has 0 spiro atoms. The van der Waals surface area contributed by atoms with Gasteiger partial charge in [0.05, 0.1) is 0 Å². The third kappa shape index (κ3) is 3.09. The maximum absolute atomic E-state index is 13.0. The Morgan fingerprint density at radius 1 is 1.29 bits per heavy atom. The van der Waals surface area contributed by atoms with Gasteiger partial charge in [0.1, 0.15) is 11.6 Å². The van der Waals surface area contributed by atoms with E-state index in [2.05, 4.69) is 33.0 Å². The van der Waals surface area contributed by atoms with Gasteiger partial charge in [-0.1, -0.05) is 34.1 Å². The first-order valence-electron chi connectivity index (χ1n) is 8.44. The molecule has 1 heterocycles. The largest absolute Gasteiger partial charge is 0.340 e. The lowest BCUT2D eigenvalue weighted by Crippen LogP contribution is -2.71. The molecule has 1 N–H and O–H groups in total. The summed E-state index contributed by atoms with van der Waals surface area (Å²) in [5.41, 5.74) is -0.669. The van der Waals surface area contributed by atoms with E-state index in [1.165, 1.54) is 0 Å². The van der Waals surface area contributed by atoms with Crippen LogP contribution >= 0.6 is 0 Å². The van der Waals surface area contributed by atoms with Crippen LogP contribution in [0.5, 0.6) is 0 Å². The molecule has 0 aromatic rings. The first-order valence-corrected chi connectivity index (χ1v) is 8.44. The van der Waals surface area contributed by atoms with Gasteiger partial charge in [-0.25, -0.2) is 0 Å². The highest BCUT2D eigenvalue weighted by Gasteiger charge is 2.55. The molecule has 4 heteroatoms. The molecule has 0 aromatic carbocycles. The van der Waals surface area contributed by atoms with E-state index in [4.69, 9.17) is 0 Å². The van der Waals surface area contributed by atoms with Crippen LogP contribution < -0.4 is 5.32 Å². The molecular weight excluding hydrogens is 264 g/mol. The predicted octanol–water partition coefficient (Wildman–Crippen LogP) is 2.57. The number of piperazine rings is 1. The topological polar surface area (TPSA) is 49.4 Å². The number of carbonyl (C=O) groups is 2. The van der Waals surface area contributed by atoms with Gasteiger partial charge in [-0.05, 0) is 43.9 Å². The first-order chi connectivity index (χ1) is 9.81. The van der Waals surface area contributed by atoms with E-state index in [9.17, 15) is 9.59 Å². The van der Waals surface area contributed by atoms with Gasteiger partial charge >= 0.3 is 0 Å². The van der Waals surface area contributed by atoms with Crippen molar-refractivity contribution in [1.82, 2.24) is 10.2 Å². The van der Waals surface area contributed by atoms with E-state index in [1.807, 2.05) is 11.8 Å². The molecule has 2 aliphatic rings. The van der Waals surface area contributed by atoms with Gasteiger partial charge < -0.3 is 10.2 Å². The van der Waals surface area contributed by atoms with E-state index in [-0.39, 0.29) is 23.8 Å². The second kappa shape index (κ2) is 5.98. The maximum atomic E-state index is 13.0. The average Bonchev–Trinajstić information content (AvgIpc) is 3.24. The first kappa shape index (κ1) is 16.3. The summed E-state index contributed by atoms with van der Waals surface area (Å²) in [4.78, 5) is 27.5. The lowest BCUT2D eigenvalue weighted by molar-refractivity contribution is -0.157. The Bertz CT molecular complexity index is 417. The summed E-state index contributed by atoms with van der Waals surface area (Å²) >= 11 is 0. The monoisotopic (exact) mass is 294 g/mol. The minimum absolute atomic E-state index is 0.0436. The summed E-state index contributed by atoms with van der Waals surface area (Å²) in [6.07, 6.45) is 3.96. The number of amides is 2. The molecule has 1 aliphatic carbocycles. The molecule has 2 rings (SSSR count). The quantitative estimate of drug-likeness (QED) is 0.818. The summed E-state index contributed by atoms with van der Waals surface area (Å²) in [5, 5.41) is 3.06. The average molecular weight is 294 g/mol. The molecular formula is C17H30N2O2. The molecule has 3 unspecified atom stereocenters. The molecule has 4 nitrogen and oxygen atoms in total. The second-order valence-electron chi connectivity index (χ2n) is 7.48. The van der Waals surface area contributed by atoms with Gasteiger partial charge in [-0.15, -0.1) is 0 Å². The normalized spacial score (nSPS) is 31.5. The molecule has 21 heavy (non-hydrogen) atoms. The highest BCUT2D eigenvalue weighted by molar-refractivity contribution is 6.00. The summed E-state index contributed by atoms with van der Waals surface area (Å²) in [7, 11) is 0. The number of hydrogen-bond acceptors (Lipinski definition) is 2. The smallest absolute Gasteiger partial charge is 0.249 e. The molecule has 3 atom stereocenters. The van der Waals surface area contributed by atoms with Crippen LogP contribution in [0.2, 0.25) is 0 Å². The molecule has 1 saturated heterocycles. The number of nitrogens with zero attached hydrogens (tertiary/aromatic N) is 1. The zero-order valence-electron chi connectivity index (χ0n) is 14.1. The highest BCUT2D eigenvalue weighted by Crippen LogP contribution is 2.43. The Hall–Kier alpha value is -1.06. The molecule has 0 radical (unpaired) electrons. The van der Waals surface area contributed by atoms with Crippen LogP contribution in [-0.2, 0) is 9.59 Å². The van der Waals surface area contributed by atoms with Gasteiger partial charge in [-0.2, -0.15) is 0 Å². The highest BCUT2D eigenvalue weighted by atomic mass is 16.2. The fraction of sp³-hybridized carbons (Fsp3) is 0.882. The standard InChI is InChI=1S/C17H30N2O2/c1-6-12(4)14-15(20)18-17(5,13-7-8-13)16(21)19(14)10-9-11(2)3/h11-14H,6-10H2,1-5H3,(H,18,20). The van der Waals surface area contributed by atoms with Gasteiger partial charge in [0.15, 0.2) is 0 Å². The molecule has 1 aliphatic heterocycles. The van der Waals surface area contributed by atoms with Crippen molar-refractivity contribution in [1.29, 1.82) is 0 Å². The molecule has 2 amide bonds. The fourth-order valence-electron chi connectivity index (χ4n) is 3.31. The maximum Gasteiger partial charge on any atom is 0.249 e. The fourth-order valence-corrected chi connectivity index (χ4v) is 3.31. The molecule has 0 aromatic heterocycles. The summed E-state index contributed by atoms with van der Waals surface area (Å²) in [5.74, 6) is 1.24. The van der Waals surface area contributed by atoms with E-state index in [0.29, 0.717) is 18.4 Å². The van der Waals surface area contributed by atoms with Crippen molar-refractivity contribution in [2.75, 3.05) is 6.54 Å². The van der Waals surface area contributed by atoms with Crippen LogP contribution in [0.1, 0.15) is 60.3 Å². The van der Waals surface area contributed by atoms with Crippen LogP contribution in [0.25, 0.3) is 0 Å². The molecule has 0 bridgehead atoms. The molecule has 120 valence electrons. The second-order valence-corrected chi connectivity index (χ2v) is 7.48. The lowest BCUT2D eigenvalue weighted by Gasteiger charge is -2.46. The van der Waals surface area contributed by atoms with Crippen molar-refractivity contribution in [3.05, 3.63) is 0 Å². The summed E-state index contributed by atoms with van der Waals surface area (Å²) in [6, 6.07) is -0.298. The predicted molar refractivity (Wildman–Crippen MR) is 83.7 cm³/mol. The molecule has 1 saturated carbocycles. The lowest BCUT2D eigenvalue weighted by atomic mass is 9.85. The minimum Gasteiger partial charge on any atom is -0.340 e. The number of rotatable bonds is 6. The van der Waals surface area contributed by atoms with E-state index < -0.39 is 5.54 Å². The van der Waals surface area contributed by atoms with Gasteiger partial charge in [0.25, 0.3) is 0 Å². The Kier molecular flexibility index (Phi) is 4.64. The third-order valence-electron chi connectivity index (χ3n) is 5.22. The van der Waals surface area contributed by atoms with Crippen LogP contribution in [-0.4, -0.2) is 34.8 Å². The Balaban J connectivity index is 2.25. The number of hydrogen-bond donors (Lipinski definition) is 1.